The molecule has 0 bridgehead atoms. The third-order valence-electron chi connectivity index (χ3n) is 3.55. The summed E-state index contributed by atoms with van der Waals surface area (Å²) in [5.74, 6) is 0.323. The first-order valence-corrected chi connectivity index (χ1v) is 5.74. The van der Waals surface area contributed by atoms with Crippen LogP contribution in [0.1, 0.15) is 49.4 Å². The van der Waals surface area contributed by atoms with Crippen LogP contribution in [0.4, 0.5) is 0 Å². The fraction of sp³-hybridized carbons (Fsp3) is 0.667. The molecule has 1 aliphatic carbocycles. The maximum Gasteiger partial charge on any atom is 0.319 e. The highest BCUT2D eigenvalue weighted by molar-refractivity contribution is 5.80. The lowest BCUT2D eigenvalue weighted by Crippen LogP contribution is -2.38. The fourth-order valence-corrected chi connectivity index (χ4v) is 2.35. The second kappa shape index (κ2) is 3.92. The number of carbonyl (C=O) groups is 1. The molecule has 1 saturated carbocycles. The minimum absolute atomic E-state index is 0.398. The van der Waals surface area contributed by atoms with E-state index in [9.17, 15) is 9.90 Å². The van der Waals surface area contributed by atoms with Gasteiger partial charge in [-0.3, -0.25) is 4.79 Å². The van der Waals surface area contributed by atoms with Crippen molar-refractivity contribution in [1.29, 1.82) is 0 Å². The van der Waals surface area contributed by atoms with E-state index < -0.39 is 11.4 Å². The van der Waals surface area contributed by atoms with Crippen LogP contribution >= 0.6 is 0 Å². The minimum atomic E-state index is -0.878. The third-order valence-corrected chi connectivity index (χ3v) is 3.55. The molecule has 4 heteroatoms. The second-order valence-electron chi connectivity index (χ2n) is 4.61. The average Bonchev–Trinajstić information content (AvgIpc) is 2.60. The topological polar surface area (TPSA) is 63.3 Å². The molecule has 0 radical (unpaired) electrons. The fourth-order valence-electron chi connectivity index (χ4n) is 2.35. The predicted molar refractivity (Wildman–Crippen MR) is 58.4 cm³/mol. The lowest BCUT2D eigenvalue weighted by atomic mass is 9.74. The van der Waals surface area contributed by atoms with Gasteiger partial charge >= 0.3 is 5.97 Å². The zero-order valence-corrected chi connectivity index (χ0v) is 9.75. The molecule has 1 N–H and O–H groups in total. The van der Waals surface area contributed by atoms with E-state index in [-0.39, 0.29) is 0 Å². The molecule has 0 saturated heterocycles. The molecule has 0 unspecified atom stereocenters. The van der Waals surface area contributed by atoms with Gasteiger partial charge in [0.15, 0.2) is 0 Å². The van der Waals surface area contributed by atoms with Crippen molar-refractivity contribution >= 4 is 5.97 Å². The summed E-state index contributed by atoms with van der Waals surface area (Å²) in [4.78, 5) is 15.8. The number of carboxylic acids is 1. The van der Waals surface area contributed by atoms with Gasteiger partial charge < -0.3 is 9.52 Å². The first kappa shape index (κ1) is 11.2. The SMILES string of the molecule is Cc1nc(C2(C(=O)O)CCCCC2)oc1C. The van der Waals surface area contributed by atoms with E-state index in [0.29, 0.717) is 18.7 Å². The first-order chi connectivity index (χ1) is 7.56. The smallest absolute Gasteiger partial charge is 0.319 e. The first-order valence-electron chi connectivity index (χ1n) is 5.74. The van der Waals surface area contributed by atoms with Crippen molar-refractivity contribution in [1.82, 2.24) is 4.98 Å². The standard InChI is InChI=1S/C12H17NO3/c1-8-9(2)16-10(13-8)12(11(14)15)6-4-3-5-7-12/h3-7H2,1-2H3,(H,14,15). The van der Waals surface area contributed by atoms with Gasteiger partial charge in [-0.15, -0.1) is 0 Å². The Labute approximate surface area is 94.7 Å². The van der Waals surface area contributed by atoms with Gasteiger partial charge in [-0.2, -0.15) is 0 Å². The number of hydrogen-bond donors (Lipinski definition) is 1. The van der Waals surface area contributed by atoms with Crippen LogP contribution < -0.4 is 0 Å². The normalized spacial score (nSPS) is 19.6. The van der Waals surface area contributed by atoms with Gasteiger partial charge in [0, 0.05) is 0 Å². The Balaban J connectivity index is 2.42. The van der Waals surface area contributed by atoms with Crippen LogP contribution in [0, 0.1) is 13.8 Å². The van der Waals surface area contributed by atoms with Crippen LogP contribution in [0.2, 0.25) is 0 Å². The van der Waals surface area contributed by atoms with Gasteiger partial charge in [-0.1, -0.05) is 19.3 Å². The average molecular weight is 223 g/mol. The van der Waals surface area contributed by atoms with Gasteiger partial charge in [-0.05, 0) is 26.7 Å². The van der Waals surface area contributed by atoms with Crippen molar-refractivity contribution in [3.05, 3.63) is 17.3 Å². The molecular formula is C12H17NO3. The van der Waals surface area contributed by atoms with Crippen molar-refractivity contribution in [3.8, 4) is 0 Å². The van der Waals surface area contributed by atoms with Gasteiger partial charge in [0.25, 0.3) is 0 Å². The van der Waals surface area contributed by atoms with E-state index in [1.165, 1.54) is 0 Å². The Morgan fingerprint density at radius 2 is 1.94 bits per heavy atom. The quantitative estimate of drug-likeness (QED) is 0.837. The molecular weight excluding hydrogens is 206 g/mol. The van der Waals surface area contributed by atoms with Crippen LogP contribution in [-0.4, -0.2) is 16.1 Å². The van der Waals surface area contributed by atoms with Gasteiger partial charge in [0.1, 0.15) is 11.2 Å². The summed E-state index contributed by atoms with van der Waals surface area (Å²) in [5, 5.41) is 9.44. The van der Waals surface area contributed by atoms with Crippen molar-refractivity contribution in [2.24, 2.45) is 0 Å². The molecule has 1 aromatic rings. The molecule has 88 valence electrons. The number of aryl methyl sites for hydroxylation is 2. The van der Waals surface area contributed by atoms with Crippen molar-refractivity contribution in [3.63, 3.8) is 0 Å². The largest absolute Gasteiger partial charge is 0.480 e. The van der Waals surface area contributed by atoms with E-state index in [1.54, 1.807) is 0 Å². The summed E-state index contributed by atoms with van der Waals surface area (Å²) in [7, 11) is 0. The summed E-state index contributed by atoms with van der Waals surface area (Å²) in [6.45, 7) is 3.67. The Morgan fingerprint density at radius 1 is 1.31 bits per heavy atom. The molecule has 16 heavy (non-hydrogen) atoms. The molecule has 2 rings (SSSR count). The van der Waals surface area contributed by atoms with Crippen LogP contribution in [0.3, 0.4) is 0 Å². The number of oxazole rings is 1. The van der Waals surface area contributed by atoms with Crippen molar-refractivity contribution in [2.45, 2.75) is 51.4 Å². The summed E-state index contributed by atoms with van der Waals surface area (Å²) in [5.41, 5.74) is -0.0849. The van der Waals surface area contributed by atoms with Crippen molar-refractivity contribution < 1.29 is 14.3 Å². The molecule has 0 spiro atoms. The summed E-state index contributed by atoms with van der Waals surface area (Å²) in [6, 6.07) is 0. The highest BCUT2D eigenvalue weighted by Gasteiger charge is 2.45. The molecule has 1 fully saturated rings. The van der Waals surface area contributed by atoms with E-state index >= 15 is 0 Å². The van der Waals surface area contributed by atoms with Crippen LogP contribution in [-0.2, 0) is 10.2 Å². The number of aromatic nitrogens is 1. The molecule has 1 heterocycles. The van der Waals surface area contributed by atoms with Gasteiger partial charge in [-0.25, -0.2) is 4.98 Å². The van der Waals surface area contributed by atoms with Crippen LogP contribution in [0.15, 0.2) is 4.42 Å². The number of nitrogens with zero attached hydrogens (tertiary/aromatic N) is 1. The lowest BCUT2D eigenvalue weighted by molar-refractivity contribution is -0.146. The zero-order chi connectivity index (χ0) is 11.8. The molecule has 1 aromatic heterocycles. The maximum absolute atomic E-state index is 11.5. The monoisotopic (exact) mass is 223 g/mol. The molecule has 0 amide bonds. The molecule has 0 atom stereocenters. The highest BCUT2D eigenvalue weighted by atomic mass is 16.4. The maximum atomic E-state index is 11.5. The molecule has 1 aliphatic rings. The number of hydrogen-bond acceptors (Lipinski definition) is 3. The third kappa shape index (κ3) is 1.62. The number of aliphatic carboxylic acids is 1. The number of rotatable bonds is 2. The second-order valence-corrected chi connectivity index (χ2v) is 4.61. The highest BCUT2D eigenvalue weighted by Crippen LogP contribution is 2.39. The molecule has 0 aliphatic heterocycles. The zero-order valence-electron chi connectivity index (χ0n) is 9.75. The van der Waals surface area contributed by atoms with Crippen LogP contribution in [0.25, 0.3) is 0 Å². The van der Waals surface area contributed by atoms with E-state index in [0.717, 1.165) is 30.7 Å². The van der Waals surface area contributed by atoms with Crippen molar-refractivity contribution in [2.75, 3.05) is 0 Å². The minimum Gasteiger partial charge on any atom is -0.480 e. The summed E-state index contributed by atoms with van der Waals surface area (Å²) >= 11 is 0. The van der Waals surface area contributed by atoms with E-state index in [2.05, 4.69) is 4.98 Å². The lowest BCUT2D eigenvalue weighted by Gasteiger charge is -2.29. The van der Waals surface area contributed by atoms with E-state index in [4.69, 9.17) is 4.42 Å². The molecule has 0 aromatic carbocycles. The molecule has 4 nitrogen and oxygen atoms in total. The Kier molecular flexibility index (Phi) is 2.74. The predicted octanol–water partition coefficient (Wildman–Crippen LogP) is 2.58. The van der Waals surface area contributed by atoms with Gasteiger partial charge in [0.05, 0.1) is 5.69 Å². The summed E-state index contributed by atoms with van der Waals surface area (Å²) < 4.78 is 5.53. The van der Waals surface area contributed by atoms with E-state index in [1.807, 2.05) is 13.8 Å². The Hall–Kier alpha value is -1.32. The Morgan fingerprint density at radius 3 is 2.38 bits per heavy atom. The van der Waals surface area contributed by atoms with Gasteiger partial charge in [0.2, 0.25) is 5.89 Å². The van der Waals surface area contributed by atoms with Crippen LogP contribution in [0.5, 0.6) is 0 Å². The summed E-state index contributed by atoms with van der Waals surface area (Å²) in [6.07, 6.45) is 4.26. The Bertz CT molecular complexity index is 383. The number of carboxylic acid groups (broad SMARTS) is 1.